The van der Waals surface area contributed by atoms with Crippen LogP contribution in [-0.4, -0.2) is 54.3 Å². The van der Waals surface area contributed by atoms with Crippen molar-refractivity contribution < 1.29 is 14.0 Å². The molecule has 0 spiro atoms. The molecule has 0 atom stereocenters. The lowest BCUT2D eigenvalue weighted by molar-refractivity contribution is -0.139. The Hall–Kier alpha value is -2.73. The van der Waals surface area contributed by atoms with E-state index in [-0.39, 0.29) is 24.2 Å². The Morgan fingerprint density at radius 3 is 2.30 bits per heavy atom. The second kappa shape index (κ2) is 8.96. The maximum absolute atomic E-state index is 13.5. The van der Waals surface area contributed by atoms with Crippen molar-refractivity contribution in [1.82, 2.24) is 9.80 Å². The van der Waals surface area contributed by atoms with Crippen molar-refractivity contribution in [2.24, 2.45) is 0 Å². The van der Waals surface area contributed by atoms with E-state index in [0.29, 0.717) is 31.9 Å². The molecule has 2 aromatic rings. The molecule has 2 aliphatic rings. The highest BCUT2D eigenvalue weighted by Gasteiger charge is 2.45. The first-order chi connectivity index (χ1) is 14.6. The zero-order valence-corrected chi connectivity index (χ0v) is 17.1. The molecule has 158 valence electrons. The number of amides is 2. The highest BCUT2D eigenvalue weighted by molar-refractivity contribution is 5.92. The summed E-state index contributed by atoms with van der Waals surface area (Å²) in [6, 6.07) is 16.1. The van der Waals surface area contributed by atoms with Crippen molar-refractivity contribution in [3.8, 4) is 0 Å². The third kappa shape index (κ3) is 4.38. The fourth-order valence-corrected chi connectivity index (χ4v) is 4.74. The van der Waals surface area contributed by atoms with E-state index < -0.39 is 5.41 Å². The highest BCUT2D eigenvalue weighted by Crippen LogP contribution is 2.42. The lowest BCUT2D eigenvalue weighted by Crippen LogP contribution is -2.54. The summed E-state index contributed by atoms with van der Waals surface area (Å²) in [5.74, 6) is -0.314. The molecule has 0 aromatic heterocycles. The van der Waals surface area contributed by atoms with Gasteiger partial charge in [-0.25, -0.2) is 4.39 Å². The Labute approximate surface area is 176 Å². The van der Waals surface area contributed by atoms with Gasteiger partial charge >= 0.3 is 0 Å². The summed E-state index contributed by atoms with van der Waals surface area (Å²) < 4.78 is 13.3. The lowest BCUT2D eigenvalue weighted by Gasteiger charge is -2.40. The van der Waals surface area contributed by atoms with Crippen LogP contribution in [0, 0.1) is 5.82 Å². The van der Waals surface area contributed by atoms with Crippen molar-refractivity contribution in [1.29, 1.82) is 0 Å². The smallest absolute Gasteiger partial charge is 0.238 e. The number of hydrogen-bond donors (Lipinski definition) is 1. The Morgan fingerprint density at radius 1 is 0.933 bits per heavy atom. The molecule has 2 aromatic carbocycles. The van der Waals surface area contributed by atoms with Gasteiger partial charge in [0.2, 0.25) is 11.8 Å². The predicted molar refractivity (Wildman–Crippen MR) is 115 cm³/mol. The maximum atomic E-state index is 13.5. The summed E-state index contributed by atoms with van der Waals surface area (Å²) >= 11 is 0. The molecule has 1 aliphatic carbocycles. The molecule has 0 bridgehead atoms. The van der Waals surface area contributed by atoms with Gasteiger partial charge in [0.05, 0.1) is 12.0 Å². The number of halogens is 1. The van der Waals surface area contributed by atoms with E-state index in [1.807, 2.05) is 28.0 Å². The third-order valence-corrected chi connectivity index (χ3v) is 6.33. The van der Waals surface area contributed by atoms with E-state index in [4.69, 9.17) is 0 Å². The van der Waals surface area contributed by atoms with E-state index in [0.717, 1.165) is 31.2 Å². The summed E-state index contributed by atoms with van der Waals surface area (Å²) in [6.45, 7) is 2.81. The molecule has 30 heavy (non-hydrogen) atoms. The fraction of sp³-hybridized carbons (Fsp3) is 0.417. The average molecular weight is 410 g/mol. The molecule has 0 radical (unpaired) electrons. The summed E-state index contributed by atoms with van der Waals surface area (Å²) in [4.78, 5) is 29.8. The van der Waals surface area contributed by atoms with Crippen molar-refractivity contribution in [3.63, 3.8) is 0 Å². The molecule has 1 heterocycles. The summed E-state index contributed by atoms with van der Waals surface area (Å²) in [7, 11) is 0. The molecule has 6 heteroatoms. The van der Waals surface area contributed by atoms with Crippen LogP contribution >= 0.6 is 0 Å². The second-order valence-electron chi connectivity index (χ2n) is 8.28. The van der Waals surface area contributed by atoms with Gasteiger partial charge in [0.1, 0.15) is 5.82 Å². The predicted octanol–water partition coefficient (Wildman–Crippen LogP) is 3.42. The second-order valence-corrected chi connectivity index (χ2v) is 8.28. The molecule has 1 N–H and O–H groups in total. The van der Waals surface area contributed by atoms with Gasteiger partial charge in [0, 0.05) is 31.9 Å². The molecule has 2 amide bonds. The van der Waals surface area contributed by atoms with Gasteiger partial charge < -0.3 is 10.2 Å². The molecule has 1 saturated carbocycles. The standard InChI is InChI=1S/C24H28FN3O2/c25-20-9-6-10-21(17-20)26-22(29)18-27-13-15-28(16-14-27)23(30)24(11-4-5-12-24)19-7-2-1-3-8-19/h1-3,6-10,17H,4-5,11-16,18H2,(H,26,29). The maximum Gasteiger partial charge on any atom is 0.238 e. The Kier molecular flexibility index (Phi) is 6.13. The fourth-order valence-electron chi connectivity index (χ4n) is 4.74. The molecule has 5 nitrogen and oxygen atoms in total. The zero-order chi connectivity index (χ0) is 21.0. The van der Waals surface area contributed by atoms with E-state index >= 15 is 0 Å². The number of benzene rings is 2. The number of nitrogens with one attached hydrogen (secondary N) is 1. The molecule has 1 aliphatic heterocycles. The molecule has 0 unspecified atom stereocenters. The first-order valence-electron chi connectivity index (χ1n) is 10.7. The monoisotopic (exact) mass is 409 g/mol. The molecule has 4 rings (SSSR count). The Morgan fingerprint density at radius 2 is 1.63 bits per heavy atom. The number of carbonyl (C=O) groups is 2. The largest absolute Gasteiger partial charge is 0.339 e. The van der Waals surface area contributed by atoms with Crippen LogP contribution in [0.25, 0.3) is 0 Å². The molecular formula is C24H28FN3O2. The number of hydrogen-bond acceptors (Lipinski definition) is 3. The van der Waals surface area contributed by atoms with Crippen LogP contribution in [0.15, 0.2) is 54.6 Å². The van der Waals surface area contributed by atoms with Crippen molar-refractivity contribution in [3.05, 3.63) is 66.0 Å². The van der Waals surface area contributed by atoms with Crippen LogP contribution in [0.2, 0.25) is 0 Å². The van der Waals surface area contributed by atoms with Gasteiger partial charge in [0.15, 0.2) is 0 Å². The van der Waals surface area contributed by atoms with E-state index in [9.17, 15) is 14.0 Å². The molecular weight excluding hydrogens is 381 g/mol. The number of piperazine rings is 1. The zero-order valence-electron chi connectivity index (χ0n) is 17.1. The quantitative estimate of drug-likeness (QED) is 0.823. The van der Waals surface area contributed by atoms with E-state index in [1.165, 1.54) is 12.1 Å². The average Bonchev–Trinajstić information content (AvgIpc) is 3.25. The van der Waals surface area contributed by atoms with Crippen LogP contribution in [0.3, 0.4) is 0 Å². The Bertz CT molecular complexity index is 888. The summed E-state index contributed by atoms with van der Waals surface area (Å²) in [5.41, 5.74) is 1.20. The SMILES string of the molecule is O=C(CN1CCN(C(=O)C2(c3ccccc3)CCCC2)CC1)Nc1cccc(F)c1. The topological polar surface area (TPSA) is 52.7 Å². The number of rotatable bonds is 5. The normalized spacial score (nSPS) is 18.9. The highest BCUT2D eigenvalue weighted by atomic mass is 19.1. The van der Waals surface area contributed by atoms with Crippen LogP contribution < -0.4 is 5.32 Å². The van der Waals surface area contributed by atoms with Crippen LogP contribution in [-0.2, 0) is 15.0 Å². The third-order valence-electron chi connectivity index (χ3n) is 6.33. The van der Waals surface area contributed by atoms with E-state index in [1.54, 1.807) is 12.1 Å². The first-order valence-corrected chi connectivity index (χ1v) is 10.7. The summed E-state index contributed by atoms with van der Waals surface area (Å²) in [5, 5.41) is 2.74. The Balaban J connectivity index is 1.33. The van der Waals surface area contributed by atoms with Crippen LogP contribution in [0.1, 0.15) is 31.2 Å². The minimum atomic E-state index is -0.391. The molecule has 2 fully saturated rings. The van der Waals surface area contributed by atoms with Crippen molar-refractivity contribution in [2.75, 3.05) is 38.0 Å². The minimum Gasteiger partial charge on any atom is -0.339 e. The number of nitrogens with zero attached hydrogens (tertiary/aromatic N) is 2. The number of carbonyl (C=O) groups excluding carboxylic acids is 2. The summed E-state index contributed by atoms with van der Waals surface area (Å²) in [6.07, 6.45) is 3.99. The van der Waals surface area contributed by atoms with Gasteiger partial charge in [-0.15, -0.1) is 0 Å². The van der Waals surface area contributed by atoms with Gasteiger partial charge in [-0.1, -0.05) is 49.2 Å². The van der Waals surface area contributed by atoms with Crippen molar-refractivity contribution in [2.45, 2.75) is 31.1 Å². The van der Waals surface area contributed by atoms with Gasteiger partial charge in [-0.05, 0) is 36.6 Å². The van der Waals surface area contributed by atoms with Gasteiger partial charge in [-0.2, -0.15) is 0 Å². The lowest BCUT2D eigenvalue weighted by atomic mass is 9.77. The van der Waals surface area contributed by atoms with Gasteiger partial charge in [-0.3, -0.25) is 14.5 Å². The minimum absolute atomic E-state index is 0.170. The number of anilines is 1. The van der Waals surface area contributed by atoms with Crippen LogP contribution in [0.4, 0.5) is 10.1 Å². The van der Waals surface area contributed by atoms with Gasteiger partial charge in [0.25, 0.3) is 0 Å². The van der Waals surface area contributed by atoms with Crippen molar-refractivity contribution >= 4 is 17.5 Å². The van der Waals surface area contributed by atoms with E-state index in [2.05, 4.69) is 17.4 Å². The van der Waals surface area contributed by atoms with Crippen LogP contribution in [0.5, 0.6) is 0 Å². The molecule has 1 saturated heterocycles. The first kappa shape index (κ1) is 20.5.